The van der Waals surface area contributed by atoms with Crippen LogP contribution in [0, 0.1) is 5.82 Å². The van der Waals surface area contributed by atoms with E-state index in [0.29, 0.717) is 6.20 Å². The standard InChI is InChI=1S/C7H3ClF3NO2/c8-6(14)4-5(13)3(7(10)11)2(9)1-12-4/h1,7,13H. The molecule has 0 bridgehead atoms. The molecule has 0 aromatic carbocycles. The number of halogens is 4. The summed E-state index contributed by atoms with van der Waals surface area (Å²) in [5, 5.41) is 7.79. The van der Waals surface area contributed by atoms with Crippen LogP contribution in [-0.4, -0.2) is 15.3 Å². The predicted octanol–water partition coefficient (Wildman–Crippen LogP) is 2.24. The van der Waals surface area contributed by atoms with Gasteiger partial charge in [0.1, 0.15) is 0 Å². The summed E-state index contributed by atoms with van der Waals surface area (Å²) in [6.07, 6.45) is -2.84. The van der Waals surface area contributed by atoms with Gasteiger partial charge in [-0.1, -0.05) is 0 Å². The molecule has 1 heterocycles. The van der Waals surface area contributed by atoms with Gasteiger partial charge in [0.15, 0.2) is 17.3 Å². The third kappa shape index (κ3) is 1.79. The van der Waals surface area contributed by atoms with E-state index in [1.807, 2.05) is 0 Å². The lowest BCUT2D eigenvalue weighted by atomic mass is 10.2. The summed E-state index contributed by atoms with van der Waals surface area (Å²) < 4.78 is 37.0. The summed E-state index contributed by atoms with van der Waals surface area (Å²) >= 11 is 4.91. The highest BCUT2D eigenvalue weighted by molar-refractivity contribution is 6.67. The molecule has 0 radical (unpaired) electrons. The maximum atomic E-state index is 12.7. The van der Waals surface area contributed by atoms with Crippen LogP contribution in [0.3, 0.4) is 0 Å². The second kappa shape index (κ2) is 3.83. The minimum atomic E-state index is -3.24. The number of hydrogen-bond acceptors (Lipinski definition) is 3. The molecular formula is C7H3ClF3NO2. The summed E-state index contributed by atoms with van der Waals surface area (Å²) in [4.78, 5) is 13.6. The van der Waals surface area contributed by atoms with Gasteiger partial charge in [0, 0.05) is 0 Å². The molecule has 1 rings (SSSR count). The van der Waals surface area contributed by atoms with Crippen molar-refractivity contribution >= 4 is 16.8 Å². The monoisotopic (exact) mass is 225 g/mol. The van der Waals surface area contributed by atoms with E-state index in [-0.39, 0.29) is 0 Å². The molecule has 1 N–H and O–H groups in total. The van der Waals surface area contributed by atoms with E-state index in [1.54, 1.807) is 0 Å². The van der Waals surface area contributed by atoms with Gasteiger partial charge >= 0.3 is 0 Å². The second-order valence-corrected chi connectivity index (χ2v) is 2.63. The van der Waals surface area contributed by atoms with Crippen molar-refractivity contribution in [2.24, 2.45) is 0 Å². The van der Waals surface area contributed by atoms with Crippen molar-refractivity contribution in [3.63, 3.8) is 0 Å². The zero-order valence-corrected chi connectivity index (χ0v) is 7.23. The Morgan fingerprint density at radius 3 is 2.57 bits per heavy atom. The molecule has 0 aliphatic rings. The normalized spacial score (nSPS) is 10.6. The second-order valence-electron chi connectivity index (χ2n) is 2.29. The van der Waals surface area contributed by atoms with Crippen LogP contribution in [0.15, 0.2) is 6.20 Å². The first-order chi connectivity index (χ1) is 6.45. The minimum Gasteiger partial charge on any atom is -0.505 e. The first kappa shape index (κ1) is 10.8. The van der Waals surface area contributed by atoms with Gasteiger partial charge in [-0.05, 0) is 11.6 Å². The number of pyridine rings is 1. The predicted molar refractivity (Wildman–Crippen MR) is 41.0 cm³/mol. The Kier molecular flexibility index (Phi) is 2.95. The molecule has 0 saturated carbocycles. The third-order valence-electron chi connectivity index (χ3n) is 1.45. The van der Waals surface area contributed by atoms with E-state index < -0.39 is 34.5 Å². The average Bonchev–Trinajstić information content (AvgIpc) is 2.02. The topological polar surface area (TPSA) is 50.2 Å². The van der Waals surface area contributed by atoms with Crippen LogP contribution in [0.2, 0.25) is 0 Å². The molecule has 14 heavy (non-hydrogen) atoms. The van der Waals surface area contributed by atoms with Crippen LogP contribution in [0.1, 0.15) is 22.5 Å². The van der Waals surface area contributed by atoms with Crippen molar-refractivity contribution in [3.8, 4) is 5.75 Å². The molecule has 0 unspecified atom stereocenters. The van der Waals surface area contributed by atoms with E-state index in [4.69, 9.17) is 16.7 Å². The van der Waals surface area contributed by atoms with Gasteiger partial charge in [-0.3, -0.25) is 4.79 Å². The number of rotatable bonds is 2. The van der Waals surface area contributed by atoms with Crippen LogP contribution in [0.5, 0.6) is 5.75 Å². The first-order valence-corrected chi connectivity index (χ1v) is 3.68. The summed E-state index contributed by atoms with van der Waals surface area (Å²) in [7, 11) is 0. The fourth-order valence-corrected chi connectivity index (χ4v) is 0.982. The smallest absolute Gasteiger partial charge is 0.274 e. The molecule has 1 aromatic heterocycles. The van der Waals surface area contributed by atoms with Crippen molar-refractivity contribution in [2.45, 2.75) is 6.43 Å². The summed E-state index contributed by atoms with van der Waals surface area (Å²) in [6.45, 7) is 0. The third-order valence-corrected chi connectivity index (χ3v) is 1.63. The number of aromatic hydroxyl groups is 1. The van der Waals surface area contributed by atoms with Crippen LogP contribution >= 0.6 is 11.6 Å². The lowest BCUT2D eigenvalue weighted by Gasteiger charge is -2.06. The van der Waals surface area contributed by atoms with Gasteiger partial charge in [0.25, 0.3) is 11.7 Å². The van der Waals surface area contributed by atoms with Crippen LogP contribution in [0.4, 0.5) is 13.2 Å². The van der Waals surface area contributed by atoms with Crippen molar-refractivity contribution in [3.05, 3.63) is 23.3 Å². The fourth-order valence-electron chi connectivity index (χ4n) is 0.844. The Bertz CT molecular complexity index is 383. The molecule has 0 spiro atoms. The molecule has 0 atom stereocenters. The molecule has 3 nitrogen and oxygen atoms in total. The Morgan fingerprint density at radius 2 is 2.14 bits per heavy atom. The minimum absolute atomic E-state index is 0.400. The van der Waals surface area contributed by atoms with Crippen LogP contribution in [0.25, 0.3) is 0 Å². The van der Waals surface area contributed by atoms with E-state index in [1.165, 1.54) is 0 Å². The fraction of sp³-hybridized carbons (Fsp3) is 0.143. The largest absolute Gasteiger partial charge is 0.505 e. The molecule has 1 aromatic rings. The summed E-state index contributed by atoms with van der Waals surface area (Å²) in [5.74, 6) is -2.61. The van der Waals surface area contributed by atoms with E-state index >= 15 is 0 Å². The molecule has 0 aliphatic heterocycles. The Labute approximate surface area is 81.1 Å². The molecule has 0 fully saturated rings. The number of aromatic nitrogens is 1. The Balaban J connectivity index is 3.41. The van der Waals surface area contributed by atoms with Gasteiger partial charge in [-0.2, -0.15) is 0 Å². The maximum absolute atomic E-state index is 12.7. The maximum Gasteiger partial charge on any atom is 0.274 e. The number of carbonyl (C=O) groups excluding carboxylic acids is 1. The zero-order valence-electron chi connectivity index (χ0n) is 6.47. The zero-order chi connectivity index (χ0) is 10.9. The van der Waals surface area contributed by atoms with Crippen LogP contribution < -0.4 is 0 Å². The molecule has 0 amide bonds. The van der Waals surface area contributed by atoms with Gasteiger partial charge in [-0.15, -0.1) is 0 Å². The lowest BCUT2D eigenvalue weighted by Crippen LogP contribution is -2.01. The molecular weight excluding hydrogens is 223 g/mol. The Morgan fingerprint density at radius 1 is 1.57 bits per heavy atom. The SMILES string of the molecule is O=C(Cl)c1ncc(F)c(C(F)F)c1O. The molecule has 7 heteroatoms. The van der Waals surface area contributed by atoms with Gasteiger partial charge < -0.3 is 5.11 Å². The number of alkyl halides is 2. The number of nitrogens with zero attached hydrogens (tertiary/aromatic N) is 1. The Hall–Kier alpha value is -1.30. The highest BCUT2D eigenvalue weighted by atomic mass is 35.5. The highest BCUT2D eigenvalue weighted by Crippen LogP contribution is 2.32. The van der Waals surface area contributed by atoms with E-state index in [9.17, 15) is 18.0 Å². The molecule has 0 aliphatic carbocycles. The van der Waals surface area contributed by atoms with Gasteiger partial charge in [0.05, 0.1) is 11.8 Å². The average molecular weight is 226 g/mol. The highest BCUT2D eigenvalue weighted by Gasteiger charge is 2.24. The van der Waals surface area contributed by atoms with Crippen molar-refractivity contribution in [1.29, 1.82) is 0 Å². The van der Waals surface area contributed by atoms with Gasteiger partial charge in [0.2, 0.25) is 0 Å². The molecule has 76 valence electrons. The summed E-state index contributed by atoms with van der Waals surface area (Å²) in [6, 6.07) is 0. The first-order valence-electron chi connectivity index (χ1n) is 3.30. The van der Waals surface area contributed by atoms with Crippen LogP contribution in [-0.2, 0) is 0 Å². The van der Waals surface area contributed by atoms with Crippen molar-refractivity contribution in [1.82, 2.24) is 4.98 Å². The van der Waals surface area contributed by atoms with Gasteiger partial charge in [-0.25, -0.2) is 18.2 Å². The van der Waals surface area contributed by atoms with E-state index in [0.717, 1.165) is 0 Å². The summed E-state index contributed by atoms with van der Waals surface area (Å²) in [5.41, 5.74) is -2.06. The molecule has 0 saturated heterocycles. The van der Waals surface area contributed by atoms with Crippen molar-refractivity contribution < 1.29 is 23.1 Å². The number of carbonyl (C=O) groups is 1. The van der Waals surface area contributed by atoms with E-state index in [2.05, 4.69) is 4.98 Å². The van der Waals surface area contributed by atoms with Crippen molar-refractivity contribution in [2.75, 3.05) is 0 Å². The number of hydrogen-bond donors (Lipinski definition) is 1. The lowest BCUT2D eigenvalue weighted by molar-refractivity contribution is 0.107. The quantitative estimate of drug-likeness (QED) is 0.786.